The quantitative estimate of drug-likeness (QED) is 0.430. The number of nitrogens with zero attached hydrogens (tertiary/aromatic N) is 1. The van der Waals surface area contributed by atoms with E-state index in [2.05, 4.69) is 6.92 Å². The highest BCUT2D eigenvalue weighted by Gasteiger charge is 2.24. The van der Waals surface area contributed by atoms with Crippen molar-refractivity contribution in [2.24, 2.45) is 5.73 Å². The molecule has 0 radical (unpaired) electrons. The van der Waals surface area contributed by atoms with Crippen LogP contribution in [-0.4, -0.2) is 49.8 Å². The van der Waals surface area contributed by atoms with Gasteiger partial charge in [-0.05, 0) is 56.5 Å². The molecule has 33 heavy (non-hydrogen) atoms. The third-order valence-electron chi connectivity index (χ3n) is 5.74. The monoisotopic (exact) mass is 458 g/mol. The second-order valence-electron chi connectivity index (χ2n) is 8.70. The molecule has 5 nitrogen and oxygen atoms in total. The van der Waals surface area contributed by atoms with Gasteiger partial charge in [-0.25, -0.2) is 4.39 Å². The van der Waals surface area contributed by atoms with Gasteiger partial charge in [0.2, 0.25) is 5.91 Å². The highest BCUT2D eigenvalue weighted by molar-refractivity contribution is 5.81. The van der Waals surface area contributed by atoms with Crippen LogP contribution in [0.3, 0.4) is 0 Å². The zero-order chi connectivity index (χ0) is 24.4. The maximum atomic E-state index is 14.7. The van der Waals surface area contributed by atoms with Crippen LogP contribution in [-0.2, 0) is 22.4 Å². The van der Waals surface area contributed by atoms with Gasteiger partial charge in [-0.3, -0.25) is 4.79 Å². The normalized spacial score (nSPS) is 12.1. The van der Waals surface area contributed by atoms with E-state index in [4.69, 9.17) is 15.2 Å². The van der Waals surface area contributed by atoms with Crippen molar-refractivity contribution in [3.63, 3.8) is 0 Å². The van der Waals surface area contributed by atoms with Gasteiger partial charge in [0.15, 0.2) is 0 Å². The van der Waals surface area contributed by atoms with E-state index in [0.717, 1.165) is 24.0 Å². The number of carbonyl (C=O) groups is 1. The topological polar surface area (TPSA) is 64.8 Å². The van der Waals surface area contributed by atoms with E-state index in [0.29, 0.717) is 43.1 Å². The predicted octanol–water partition coefficient (Wildman–Crippen LogP) is 4.99. The summed E-state index contributed by atoms with van der Waals surface area (Å²) in [6, 6.07) is 10.6. The average Bonchev–Trinajstić information content (AvgIpc) is 2.78. The fraction of sp³-hybridized carbons (Fsp3) is 0.519. The van der Waals surface area contributed by atoms with Crippen LogP contribution in [0.25, 0.3) is 11.1 Å². The van der Waals surface area contributed by atoms with Gasteiger partial charge in [-0.2, -0.15) is 0 Å². The molecule has 0 heterocycles. The molecule has 0 aromatic heterocycles. The van der Waals surface area contributed by atoms with Crippen molar-refractivity contribution in [1.29, 1.82) is 0 Å². The van der Waals surface area contributed by atoms with Crippen LogP contribution in [0.2, 0.25) is 0 Å². The summed E-state index contributed by atoms with van der Waals surface area (Å²) in [4.78, 5) is 15.1. The molecule has 182 valence electrons. The van der Waals surface area contributed by atoms with Crippen molar-refractivity contribution in [2.75, 3.05) is 26.9 Å². The van der Waals surface area contributed by atoms with Gasteiger partial charge in [0.05, 0.1) is 13.0 Å². The summed E-state index contributed by atoms with van der Waals surface area (Å²) in [5.41, 5.74) is 9.02. The van der Waals surface area contributed by atoms with Gasteiger partial charge in [0.25, 0.3) is 0 Å². The van der Waals surface area contributed by atoms with E-state index < -0.39 is 0 Å². The summed E-state index contributed by atoms with van der Waals surface area (Å²) < 4.78 is 25.9. The minimum Gasteiger partial charge on any atom is -0.493 e. The smallest absolute Gasteiger partial charge is 0.227 e. The Hall–Kier alpha value is -2.44. The Morgan fingerprint density at radius 1 is 1.09 bits per heavy atom. The Labute approximate surface area is 198 Å². The molecule has 0 aliphatic heterocycles. The number of benzene rings is 2. The maximum absolute atomic E-state index is 14.7. The predicted molar refractivity (Wildman–Crippen MR) is 132 cm³/mol. The number of methoxy groups -OCH3 is 1. The second-order valence-corrected chi connectivity index (χ2v) is 8.70. The first kappa shape index (κ1) is 26.8. The van der Waals surface area contributed by atoms with Crippen molar-refractivity contribution in [1.82, 2.24) is 4.90 Å². The SMILES string of the molecule is CCCc1cc(-c2ccccc2F)c(OCCCOC)cc1CC(=O)N(C(C)C)[C@H](C)CN. The van der Waals surface area contributed by atoms with Crippen molar-refractivity contribution >= 4 is 5.91 Å². The van der Waals surface area contributed by atoms with E-state index in [9.17, 15) is 9.18 Å². The Morgan fingerprint density at radius 2 is 1.82 bits per heavy atom. The van der Waals surface area contributed by atoms with Gasteiger partial charge < -0.3 is 20.1 Å². The number of aryl methyl sites for hydroxylation is 1. The lowest BCUT2D eigenvalue weighted by Gasteiger charge is -2.32. The lowest BCUT2D eigenvalue weighted by atomic mass is 9.93. The zero-order valence-electron chi connectivity index (χ0n) is 20.7. The number of ether oxygens (including phenoxy) is 2. The van der Waals surface area contributed by atoms with Crippen LogP contribution >= 0.6 is 0 Å². The van der Waals surface area contributed by atoms with Crippen LogP contribution in [0.4, 0.5) is 4.39 Å². The van der Waals surface area contributed by atoms with Crippen molar-refractivity contribution < 1.29 is 18.7 Å². The summed E-state index contributed by atoms with van der Waals surface area (Å²) in [6.07, 6.45) is 2.68. The molecule has 1 atom stereocenters. The number of amides is 1. The highest BCUT2D eigenvalue weighted by atomic mass is 19.1. The Morgan fingerprint density at radius 3 is 2.42 bits per heavy atom. The molecule has 0 bridgehead atoms. The minimum absolute atomic E-state index is 0.0317. The number of halogens is 1. The largest absolute Gasteiger partial charge is 0.493 e. The summed E-state index contributed by atoms with van der Waals surface area (Å²) in [6.45, 7) is 9.50. The Kier molecular flexibility index (Phi) is 10.8. The van der Waals surface area contributed by atoms with E-state index in [1.54, 1.807) is 19.2 Å². The Bertz CT molecular complexity index is 901. The van der Waals surface area contributed by atoms with Crippen LogP contribution < -0.4 is 10.5 Å². The summed E-state index contributed by atoms with van der Waals surface area (Å²) in [7, 11) is 1.65. The van der Waals surface area contributed by atoms with Gasteiger partial charge in [-0.15, -0.1) is 0 Å². The highest BCUT2D eigenvalue weighted by Crippen LogP contribution is 2.35. The molecule has 1 amide bonds. The van der Waals surface area contributed by atoms with Crippen LogP contribution in [0.5, 0.6) is 5.75 Å². The molecule has 2 aromatic rings. The van der Waals surface area contributed by atoms with Crippen LogP contribution in [0.15, 0.2) is 36.4 Å². The first-order valence-electron chi connectivity index (χ1n) is 11.9. The molecule has 0 fully saturated rings. The first-order valence-corrected chi connectivity index (χ1v) is 11.9. The Balaban J connectivity index is 2.50. The van der Waals surface area contributed by atoms with Crippen LogP contribution in [0.1, 0.15) is 51.7 Å². The molecular weight excluding hydrogens is 419 g/mol. The van der Waals surface area contributed by atoms with E-state index in [-0.39, 0.29) is 30.2 Å². The molecule has 2 N–H and O–H groups in total. The minimum atomic E-state index is -0.298. The molecular formula is C27H39FN2O3. The number of hydrogen-bond donors (Lipinski definition) is 1. The average molecular weight is 459 g/mol. The maximum Gasteiger partial charge on any atom is 0.227 e. The zero-order valence-corrected chi connectivity index (χ0v) is 20.7. The van der Waals surface area contributed by atoms with Gasteiger partial charge >= 0.3 is 0 Å². The molecule has 0 saturated heterocycles. The molecule has 0 saturated carbocycles. The van der Waals surface area contributed by atoms with E-state index in [1.807, 2.05) is 43.9 Å². The standard InChI is InChI=1S/C27H39FN2O3/c1-6-10-21-15-24(23-11-7-8-12-25(23)28)26(33-14-9-13-32-5)16-22(21)17-27(31)30(19(2)3)20(4)18-29/h7-8,11-12,15-16,19-20H,6,9-10,13-14,17-18,29H2,1-5H3/t20-/m1/s1. The van der Waals surface area contributed by atoms with Gasteiger partial charge in [0.1, 0.15) is 11.6 Å². The van der Waals surface area contributed by atoms with Gasteiger partial charge in [0, 0.05) is 49.9 Å². The molecule has 6 heteroatoms. The molecule has 0 spiro atoms. The summed E-state index contributed by atoms with van der Waals surface area (Å²) in [5, 5.41) is 0. The lowest BCUT2D eigenvalue weighted by Crippen LogP contribution is -2.47. The van der Waals surface area contributed by atoms with Crippen LogP contribution in [0, 0.1) is 5.82 Å². The second kappa shape index (κ2) is 13.3. The van der Waals surface area contributed by atoms with E-state index in [1.165, 1.54) is 6.07 Å². The first-order chi connectivity index (χ1) is 15.8. The third-order valence-corrected chi connectivity index (χ3v) is 5.74. The fourth-order valence-corrected chi connectivity index (χ4v) is 4.14. The molecule has 0 aliphatic rings. The molecule has 0 aliphatic carbocycles. The summed E-state index contributed by atoms with van der Waals surface area (Å²) in [5.74, 6) is 0.319. The number of hydrogen-bond acceptors (Lipinski definition) is 4. The molecule has 0 unspecified atom stereocenters. The third kappa shape index (κ3) is 7.27. The van der Waals surface area contributed by atoms with Crippen molar-refractivity contribution in [3.05, 3.63) is 53.3 Å². The number of nitrogens with two attached hydrogens (primary N) is 1. The summed E-state index contributed by atoms with van der Waals surface area (Å²) >= 11 is 0. The van der Waals surface area contributed by atoms with Crippen molar-refractivity contribution in [2.45, 2.75) is 65.5 Å². The molecule has 2 aromatic carbocycles. The number of carbonyl (C=O) groups excluding carboxylic acids is 1. The van der Waals surface area contributed by atoms with Gasteiger partial charge in [-0.1, -0.05) is 31.5 Å². The fourth-order valence-electron chi connectivity index (χ4n) is 4.14. The van der Waals surface area contributed by atoms with E-state index >= 15 is 0 Å². The van der Waals surface area contributed by atoms with Crippen molar-refractivity contribution in [3.8, 4) is 16.9 Å². The lowest BCUT2D eigenvalue weighted by molar-refractivity contribution is -0.134. The molecule has 2 rings (SSSR count). The number of rotatable bonds is 13.